The average Bonchev–Trinajstić information content (AvgIpc) is 3.41. The van der Waals surface area contributed by atoms with E-state index in [2.05, 4.69) is 15.3 Å². The Bertz CT molecular complexity index is 1750. The molecule has 0 unspecified atom stereocenters. The molecule has 2 saturated heterocycles. The number of hydrogen-bond donors (Lipinski definition) is 1. The lowest BCUT2D eigenvalue weighted by atomic mass is 10.00. The van der Waals surface area contributed by atoms with Gasteiger partial charge in [0.2, 0.25) is 0 Å². The van der Waals surface area contributed by atoms with Gasteiger partial charge in [0.25, 0.3) is 11.8 Å². The van der Waals surface area contributed by atoms with Gasteiger partial charge in [0, 0.05) is 24.5 Å². The molecule has 4 heterocycles. The zero-order valence-electron chi connectivity index (χ0n) is 26.0. The highest BCUT2D eigenvalue weighted by atomic mass is 32.2. The zero-order valence-corrected chi connectivity index (χ0v) is 26.8. The first-order valence-corrected chi connectivity index (χ1v) is 16.4. The minimum atomic E-state index is -1.75. The molecule has 12 nitrogen and oxygen atoms in total. The van der Waals surface area contributed by atoms with Gasteiger partial charge in [-0.1, -0.05) is 60.7 Å². The van der Waals surface area contributed by atoms with Gasteiger partial charge in [-0.2, -0.15) is 0 Å². The fourth-order valence-electron chi connectivity index (χ4n) is 5.69. The topological polar surface area (TPSA) is 148 Å². The third-order valence-corrected chi connectivity index (χ3v) is 9.37. The number of nitrogens with one attached hydrogen (secondary N) is 1. The fraction of sp³-hybridized carbons (Fsp3) is 0.294. The monoisotopic (exact) mass is 655 g/mol. The third-order valence-electron chi connectivity index (χ3n) is 7.75. The van der Waals surface area contributed by atoms with E-state index in [9.17, 15) is 23.4 Å². The molecule has 0 bridgehead atoms. The van der Waals surface area contributed by atoms with Gasteiger partial charge in [0.15, 0.2) is 11.9 Å². The Balaban J connectivity index is 1.37. The first kappa shape index (κ1) is 31.8. The van der Waals surface area contributed by atoms with E-state index in [0.29, 0.717) is 35.5 Å². The number of hydrogen-bond acceptors (Lipinski definition) is 9. The van der Waals surface area contributed by atoms with Crippen LogP contribution >= 0.6 is 0 Å². The number of benzene rings is 2. The molecule has 3 aromatic rings. The Morgan fingerprint density at radius 3 is 2.28 bits per heavy atom. The van der Waals surface area contributed by atoms with Crippen LogP contribution in [0.5, 0.6) is 0 Å². The van der Waals surface area contributed by atoms with E-state index in [-0.39, 0.29) is 22.9 Å². The van der Waals surface area contributed by atoms with Gasteiger partial charge in [-0.15, -0.1) is 0 Å². The molecule has 13 heteroatoms. The number of nitrogens with zero attached hydrogens (tertiary/aromatic N) is 4. The Kier molecular flexibility index (Phi) is 8.74. The van der Waals surface area contributed by atoms with E-state index in [0.717, 1.165) is 4.90 Å². The SMILES string of the molecule is CC(C)(C)OC(=O)N[C@@H]1C(=O)N2C(C(=O)OC(c3ccccc3)c3ccccc3)=C(C=C3CCN(c4cnccn4)C3=O)C[S@](=O)[C@H]12. The molecule has 0 aliphatic carbocycles. The quantitative estimate of drug-likeness (QED) is 0.229. The standard InChI is InChI=1S/C34H33N5O7S/c1-34(2,3)46-33(43)37-26-30(41)39-27(32(42)45-28(21-10-6-4-7-11-21)22-12-8-5-9-13-22)24(20-47(44)31(26)39)18-23-14-17-38(29(23)40)25-19-35-15-16-36-25/h4-13,15-16,18-19,26,28,31H,14,17,20H2,1-3H3,(H,37,43)/t26-,31-,47+/m1/s1. The number of allylic oxidation sites excluding steroid dienone is 1. The summed E-state index contributed by atoms with van der Waals surface area (Å²) >= 11 is 0. The molecular formula is C34H33N5O7S. The number of amides is 3. The molecule has 242 valence electrons. The number of aromatic nitrogens is 2. The second kappa shape index (κ2) is 12.9. The van der Waals surface area contributed by atoms with E-state index in [1.165, 1.54) is 29.6 Å². The molecule has 0 saturated carbocycles. The second-order valence-electron chi connectivity index (χ2n) is 12.2. The Hall–Kier alpha value is -5.17. The highest BCUT2D eigenvalue weighted by molar-refractivity contribution is 7.86. The lowest BCUT2D eigenvalue weighted by molar-refractivity contribution is -0.153. The molecule has 2 aromatic carbocycles. The van der Waals surface area contributed by atoms with Crippen LogP contribution in [-0.4, -0.2) is 72.3 Å². The van der Waals surface area contributed by atoms with Gasteiger partial charge in [-0.3, -0.25) is 28.6 Å². The maximum atomic E-state index is 14.2. The molecule has 1 aromatic heterocycles. The number of anilines is 1. The molecule has 3 amide bonds. The minimum Gasteiger partial charge on any atom is -0.448 e. The summed E-state index contributed by atoms with van der Waals surface area (Å²) in [6, 6.07) is 17.1. The van der Waals surface area contributed by atoms with Crippen LogP contribution < -0.4 is 10.2 Å². The second-order valence-corrected chi connectivity index (χ2v) is 13.7. The van der Waals surface area contributed by atoms with Crippen LogP contribution in [0.15, 0.2) is 102 Å². The lowest BCUT2D eigenvalue weighted by Gasteiger charge is -2.49. The molecule has 0 radical (unpaired) electrons. The predicted octanol–water partition coefficient (Wildman–Crippen LogP) is 3.55. The fourth-order valence-corrected chi connectivity index (χ4v) is 7.32. The molecule has 1 N–H and O–H groups in total. The number of carbonyl (C=O) groups excluding carboxylic acids is 4. The van der Waals surface area contributed by atoms with Gasteiger partial charge >= 0.3 is 12.1 Å². The maximum absolute atomic E-state index is 14.2. The van der Waals surface area contributed by atoms with E-state index in [1.54, 1.807) is 20.8 Å². The molecule has 47 heavy (non-hydrogen) atoms. The summed E-state index contributed by atoms with van der Waals surface area (Å²) in [5.41, 5.74) is 1.02. The summed E-state index contributed by atoms with van der Waals surface area (Å²) in [7, 11) is -1.75. The molecule has 2 fully saturated rings. The van der Waals surface area contributed by atoms with E-state index in [1.807, 2.05) is 60.7 Å². The van der Waals surface area contributed by atoms with Gasteiger partial charge in [0.05, 0.1) is 22.7 Å². The van der Waals surface area contributed by atoms with Crippen LogP contribution in [0.25, 0.3) is 0 Å². The highest BCUT2D eigenvalue weighted by Gasteiger charge is 2.58. The van der Waals surface area contributed by atoms with Crippen molar-refractivity contribution in [1.29, 1.82) is 0 Å². The number of fused-ring (bicyclic) bond motifs is 1. The van der Waals surface area contributed by atoms with Gasteiger partial charge in [0.1, 0.15) is 22.7 Å². The van der Waals surface area contributed by atoms with Gasteiger partial charge < -0.3 is 14.8 Å². The number of β-lactam (4-membered cyclic amide) rings is 1. The van der Waals surface area contributed by atoms with Crippen molar-refractivity contribution < 1.29 is 32.9 Å². The Morgan fingerprint density at radius 2 is 1.68 bits per heavy atom. The number of rotatable bonds is 7. The van der Waals surface area contributed by atoms with Crippen LogP contribution in [-0.2, 0) is 34.7 Å². The van der Waals surface area contributed by atoms with Crippen LogP contribution in [0, 0.1) is 0 Å². The maximum Gasteiger partial charge on any atom is 0.408 e. The Morgan fingerprint density at radius 1 is 1.02 bits per heavy atom. The van der Waals surface area contributed by atoms with Crippen molar-refractivity contribution in [3.8, 4) is 0 Å². The van der Waals surface area contributed by atoms with Crippen molar-refractivity contribution >= 4 is 40.5 Å². The molecular weight excluding hydrogens is 622 g/mol. The number of alkyl carbamates (subject to hydrolysis) is 1. The smallest absolute Gasteiger partial charge is 0.408 e. The lowest BCUT2D eigenvalue weighted by Crippen LogP contribution is -2.73. The van der Waals surface area contributed by atoms with Crippen LogP contribution in [0.3, 0.4) is 0 Å². The van der Waals surface area contributed by atoms with Gasteiger partial charge in [-0.05, 0) is 50.0 Å². The molecule has 6 rings (SSSR count). The first-order valence-electron chi connectivity index (χ1n) is 15.0. The Labute approximate surface area is 273 Å². The predicted molar refractivity (Wildman–Crippen MR) is 172 cm³/mol. The molecule has 0 spiro atoms. The van der Waals surface area contributed by atoms with Crippen molar-refractivity contribution in [2.45, 2.75) is 50.3 Å². The zero-order chi connectivity index (χ0) is 33.3. The average molecular weight is 656 g/mol. The molecule has 3 aliphatic heterocycles. The van der Waals surface area contributed by atoms with E-state index in [4.69, 9.17) is 9.47 Å². The van der Waals surface area contributed by atoms with E-state index >= 15 is 0 Å². The first-order chi connectivity index (χ1) is 22.5. The summed E-state index contributed by atoms with van der Waals surface area (Å²) in [6.07, 6.45) is 4.64. The normalized spacial score (nSPS) is 21.9. The van der Waals surface area contributed by atoms with Gasteiger partial charge in [-0.25, -0.2) is 14.6 Å². The highest BCUT2D eigenvalue weighted by Crippen LogP contribution is 2.38. The van der Waals surface area contributed by atoms with Crippen molar-refractivity contribution in [3.05, 3.63) is 113 Å². The third kappa shape index (κ3) is 6.57. The van der Waals surface area contributed by atoms with Crippen LogP contribution in [0.4, 0.5) is 10.6 Å². The summed E-state index contributed by atoms with van der Waals surface area (Å²) in [4.78, 5) is 64.7. The number of carbonyl (C=O) groups is 4. The number of ether oxygens (including phenoxy) is 2. The van der Waals surface area contributed by atoms with Crippen molar-refractivity contribution in [2.24, 2.45) is 0 Å². The largest absolute Gasteiger partial charge is 0.448 e. The summed E-state index contributed by atoms with van der Waals surface area (Å²) in [5, 5.41) is 1.47. The van der Waals surface area contributed by atoms with Crippen LogP contribution in [0.1, 0.15) is 44.4 Å². The summed E-state index contributed by atoms with van der Waals surface area (Å²) < 4.78 is 25.1. The van der Waals surface area contributed by atoms with Crippen molar-refractivity contribution in [2.75, 3.05) is 17.2 Å². The minimum absolute atomic E-state index is 0.128. The summed E-state index contributed by atoms with van der Waals surface area (Å²) in [5.74, 6) is -1.61. The molecule has 3 atom stereocenters. The van der Waals surface area contributed by atoms with Crippen LogP contribution in [0.2, 0.25) is 0 Å². The molecule has 3 aliphatic rings. The van der Waals surface area contributed by atoms with Crippen molar-refractivity contribution in [3.63, 3.8) is 0 Å². The number of esters is 1. The van der Waals surface area contributed by atoms with Crippen molar-refractivity contribution in [1.82, 2.24) is 20.2 Å². The summed E-state index contributed by atoms with van der Waals surface area (Å²) in [6.45, 7) is 5.38. The van der Waals surface area contributed by atoms with E-state index < -0.39 is 51.9 Å².